The van der Waals surface area contributed by atoms with E-state index in [4.69, 9.17) is 11.6 Å². The smallest absolute Gasteiger partial charge is 0.310 e. The zero-order valence-electron chi connectivity index (χ0n) is 15.5. The first-order valence-electron chi connectivity index (χ1n) is 9.46. The van der Waals surface area contributed by atoms with E-state index >= 15 is 0 Å². The van der Waals surface area contributed by atoms with E-state index in [1.54, 1.807) is 0 Å². The van der Waals surface area contributed by atoms with Gasteiger partial charge in [0.25, 0.3) is 0 Å². The van der Waals surface area contributed by atoms with Crippen molar-refractivity contribution in [3.8, 4) is 0 Å². The van der Waals surface area contributed by atoms with Crippen LogP contribution < -0.4 is 4.72 Å². The number of aryl methyl sites for hydroxylation is 2. The van der Waals surface area contributed by atoms with Gasteiger partial charge in [-0.15, -0.1) is 0 Å². The van der Waals surface area contributed by atoms with Crippen LogP contribution in [0.5, 0.6) is 0 Å². The minimum atomic E-state index is -3.58. The Labute approximate surface area is 170 Å². The maximum absolute atomic E-state index is 12.2. The molecule has 2 aromatic carbocycles. The third-order valence-corrected chi connectivity index (χ3v) is 6.89. The van der Waals surface area contributed by atoms with Crippen LogP contribution >= 0.6 is 11.6 Å². The van der Waals surface area contributed by atoms with Crippen LogP contribution in [0.15, 0.2) is 47.4 Å². The molecule has 0 aliphatic heterocycles. The number of sulfonamides is 1. The largest absolute Gasteiger partial charge is 0.481 e. The molecule has 7 heteroatoms. The molecule has 0 amide bonds. The van der Waals surface area contributed by atoms with Gasteiger partial charge in [-0.1, -0.05) is 36.2 Å². The first kappa shape index (κ1) is 20.8. The van der Waals surface area contributed by atoms with Gasteiger partial charge < -0.3 is 5.11 Å². The topological polar surface area (TPSA) is 83.5 Å². The first-order chi connectivity index (χ1) is 13.4. The molecule has 5 nitrogen and oxygen atoms in total. The number of rotatable bonds is 9. The second-order valence-corrected chi connectivity index (χ2v) is 9.32. The van der Waals surface area contributed by atoms with Crippen LogP contribution in [0.4, 0.5) is 0 Å². The standard InChI is InChI=1S/C21H24ClNO4S/c22-18-9-11-19(12-10-18)28(26,27)23-13-2-1-6-20(21(24)25)17-8-7-15-4-3-5-16(15)14-17/h7-12,14,20,23H,1-6,13H2,(H,24,25). The number of carboxylic acids is 1. The van der Waals surface area contributed by atoms with Gasteiger partial charge in [0.1, 0.15) is 0 Å². The third kappa shape index (κ3) is 5.13. The van der Waals surface area contributed by atoms with Gasteiger partial charge in [-0.2, -0.15) is 0 Å². The quantitative estimate of drug-likeness (QED) is 0.596. The van der Waals surface area contributed by atoms with E-state index in [1.807, 2.05) is 18.2 Å². The predicted molar refractivity (Wildman–Crippen MR) is 109 cm³/mol. The van der Waals surface area contributed by atoms with E-state index < -0.39 is 21.9 Å². The minimum Gasteiger partial charge on any atom is -0.481 e. The van der Waals surface area contributed by atoms with Crippen LogP contribution in [0.2, 0.25) is 5.02 Å². The van der Waals surface area contributed by atoms with Crippen LogP contribution in [0.1, 0.15) is 48.3 Å². The van der Waals surface area contributed by atoms with Crippen molar-refractivity contribution >= 4 is 27.6 Å². The molecule has 2 N–H and O–H groups in total. The van der Waals surface area contributed by atoms with Crippen molar-refractivity contribution in [2.45, 2.75) is 49.3 Å². The zero-order chi connectivity index (χ0) is 20.1. The zero-order valence-corrected chi connectivity index (χ0v) is 17.1. The second kappa shape index (κ2) is 9.07. The molecule has 1 aliphatic rings. The van der Waals surface area contributed by atoms with Gasteiger partial charge in [0.05, 0.1) is 10.8 Å². The lowest BCUT2D eigenvalue weighted by Gasteiger charge is -2.14. The SMILES string of the molecule is O=C(O)C(CCCCNS(=O)(=O)c1ccc(Cl)cc1)c1ccc2c(c1)CCC2. The summed E-state index contributed by atoms with van der Waals surface area (Å²) in [7, 11) is -3.58. The molecule has 1 aliphatic carbocycles. The van der Waals surface area contributed by atoms with Crippen molar-refractivity contribution < 1.29 is 18.3 Å². The van der Waals surface area contributed by atoms with Crippen LogP contribution in [-0.4, -0.2) is 26.0 Å². The summed E-state index contributed by atoms with van der Waals surface area (Å²) >= 11 is 5.78. The Kier molecular flexibility index (Phi) is 6.75. The third-order valence-electron chi connectivity index (χ3n) is 5.16. The summed E-state index contributed by atoms with van der Waals surface area (Å²) in [6, 6.07) is 12.0. The van der Waals surface area contributed by atoms with E-state index in [0.717, 1.165) is 24.8 Å². The van der Waals surface area contributed by atoms with E-state index in [2.05, 4.69) is 4.72 Å². The molecular weight excluding hydrogens is 398 g/mol. The maximum Gasteiger partial charge on any atom is 0.310 e. The van der Waals surface area contributed by atoms with Crippen molar-refractivity contribution in [2.75, 3.05) is 6.54 Å². The first-order valence-corrected chi connectivity index (χ1v) is 11.3. The molecule has 0 spiro atoms. The number of fused-ring (bicyclic) bond motifs is 1. The minimum absolute atomic E-state index is 0.165. The molecule has 0 saturated carbocycles. The molecular formula is C21H24ClNO4S. The Morgan fingerprint density at radius 1 is 1.07 bits per heavy atom. The van der Waals surface area contributed by atoms with Gasteiger partial charge in [0.15, 0.2) is 0 Å². The Morgan fingerprint density at radius 3 is 2.50 bits per heavy atom. The molecule has 0 heterocycles. The van der Waals surface area contributed by atoms with Gasteiger partial charge in [-0.05, 0) is 73.1 Å². The highest BCUT2D eigenvalue weighted by Crippen LogP contribution is 2.29. The summed E-state index contributed by atoms with van der Waals surface area (Å²) in [6.45, 7) is 0.265. The Hall–Kier alpha value is -1.89. The van der Waals surface area contributed by atoms with Crippen molar-refractivity contribution in [1.29, 1.82) is 0 Å². The highest BCUT2D eigenvalue weighted by atomic mass is 35.5. The van der Waals surface area contributed by atoms with E-state index in [9.17, 15) is 18.3 Å². The van der Waals surface area contributed by atoms with Gasteiger partial charge in [0.2, 0.25) is 10.0 Å². The number of benzene rings is 2. The molecule has 1 unspecified atom stereocenters. The van der Waals surface area contributed by atoms with Gasteiger partial charge >= 0.3 is 5.97 Å². The summed E-state index contributed by atoms with van der Waals surface area (Å²) < 4.78 is 27.0. The van der Waals surface area contributed by atoms with Crippen molar-refractivity contribution in [2.24, 2.45) is 0 Å². The van der Waals surface area contributed by atoms with E-state index in [-0.39, 0.29) is 11.4 Å². The molecule has 2 aromatic rings. The normalized spacial score (nSPS) is 14.6. The number of carboxylic acid groups (broad SMARTS) is 1. The van der Waals surface area contributed by atoms with Crippen LogP contribution in [0, 0.1) is 0 Å². The summed E-state index contributed by atoms with van der Waals surface area (Å²) in [5, 5.41) is 10.1. The van der Waals surface area contributed by atoms with Crippen LogP contribution in [0.3, 0.4) is 0 Å². The molecule has 0 aromatic heterocycles. The fourth-order valence-electron chi connectivity index (χ4n) is 3.62. The Balaban J connectivity index is 1.51. The number of aliphatic carboxylic acids is 1. The lowest BCUT2D eigenvalue weighted by molar-refractivity contribution is -0.139. The number of hydrogen-bond acceptors (Lipinski definition) is 3. The predicted octanol–water partition coefficient (Wildman–Crippen LogP) is 4.15. The molecule has 28 heavy (non-hydrogen) atoms. The van der Waals surface area contributed by atoms with Gasteiger partial charge in [0, 0.05) is 11.6 Å². The number of nitrogens with one attached hydrogen (secondary N) is 1. The molecule has 0 bridgehead atoms. The summed E-state index contributed by atoms with van der Waals surface area (Å²) in [4.78, 5) is 11.9. The van der Waals surface area contributed by atoms with Gasteiger partial charge in [-0.25, -0.2) is 13.1 Å². The number of hydrogen-bond donors (Lipinski definition) is 2. The molecule has 150 valence electrons. The van der Waals surface area contributed by atoms with Crippen molar-refractivity contribution in [3.05, 3.63) is 64.2 Å². The van der Waals surface area contributed by atoms with Crippen molar-refractivity contribution in [3.63, 3.8) is 0 Å². The van der Waals surface area contributed by atoms with Gasteiger partial charge in [-0.3, -0.25) is 4.79 Å². The number of halogens is 1. The monoisotopic (exact) mass is 421 g/mol. The van der Waals surface area contributed by atoms with E-state index in [0.29, 0.717) is 24.3 Å². The van der Waals surface area contributed by atoms with Crippen LogP contribution in [0.25, 0.3) is 0 Å². The lowest BCUT2D eigenvalue weighted by Crippen LogP contribution is -2.25. The fraction of sp³-hybridized carbons (Fsp3) is 0.381. The molecule has 0 radical (unpaired) electrons. The number of unbranched alkanes of at least 4 members (excludes halogenated alkanes) is 1. The average molecular weight is 422 g/mol. The van der Waals surface area contributed by atoms with Crippen molar-refractivity contribution in [1.82, 2.24) is 4.72 Å². The Bertz CT molecular complexity index is 941. The summed E-state index contributed by atoms with van der Waals surface area (Å²) in [5.74, 6) is -1.39. The summed E-state index contributed by atoms with van der Waals surface area (Å²) in [6.07, 6.45) is 4.89. The highest BCUT2D eigenvalue weighted by molar-refractivity contribution is 7.89. The molecule has 1 atom stereocenters. The number of carbonyl (C=O) groups is 1. The van der Waals surface area contributed by atoms with E-state index in [1.165, 1.54) is 35.4 Å². The average Bonchev–Trinajstić information content (AvgIpc) is 3.12. The maximum atomic E-state index is 12.2. The molecule has 3 rings (SSSR count). The Morgan fingerprint density at radius 2 is 1.79 bits per heavy atom. The molecule has 0 fully saturated rings. The second-order valence-electron chi connectivity index (χ2n) is 7.12. The molecule has 0 saturated heterocycles. The lowest BCUT2D eigenvalue weighted by atomic mass is 9.91. The van der Waals surface area contributed by atoms with Crippen LogP contribution in [-0.2, 0) is 27.7 Å². The summed E-state index contributed by atoms with van der Waals surface area (Å²) in [5.41, 5.74) is 3.43. The highest BCUT2D eigenvalue weighted by Gasteiger charge is 2.22. The fourth-order valence-corrected chi connectivity index (χ4v) is 4.82.